The van der Waals surface area contributed by atoms with Gasteiger partial charge in [-0.05, 0) is 43.2 Å². The van der Waals surface area contributed by atoms with Crippen LogP contribution in [0.2, 0.25) is 5.02 Å². The van der Waals surface area contributed by atoms with Crippen LogP contribution >= 0.6 is 30.5 Å². The maximum atomic E-state index is 12.7. The van der Waals surface area contributed by atoms with Crippen LogP contribution in [0.5, 0.6) is 0 Å². The number of hydrogen-bond acceptors (Lipinski definition) is 6. The number of benzene rings is 2. The molecule has 1 heterocycles. The SMILES string of the molecule is CCOP(=O)(Cc1ccc(C(=O)Nc2nc3c(s2)Cc2c(Cl)cccc2-3)cc1)OCC. The molecule has 1 aromatic heterocycles. The third kappa shape index (κ3) is 4.76. The maximum absolute atomic E-state index is 12.7. The van der Waals surface area contributed by atoms with E-state index in [2.05, 4.69) is 10.3 Å². The number of nitrogens with zero attached hydrogens (tertiary/aromatic N) is 1. The molecular formula is C22H22ClN2O4PS. The van der Waals surface area contributed by atoms with Crippen LogP contribution in [-0.2, 0) is 26.2 Å². The number of rotatable bonds is 8. The Balaban J connectivity index is 1.45. The number of amides is 1. The number of anilines is 1. The van der Waals surface area contributed by atoms with Crippen molar-refractivity contribution in [2.24, 2.45) is 0 Å². The monoisotopic (exact) mass is 476 g/mol. The van der Waals surface area contributed by atoms with Crippen LogP contribution in [0, 0.1) is 0 Å². The molecular weight excluding hydrogens is 455 g/mol. The second kappa shape index (κ2) is 9.23. The molecule has 0 fully saturated rings. The van der Waals surface area contributed by atoms with E-state index in [9.17, 15) is 9.36 Å². The van der Waals surface area contributed by atoms with E-state index in [-0.39, 0.29) is 12.1 Å². The first kappa shape index (κ1) is 22.2. The molecule has 0 saturated heterocycles. The second-order valence-electron chi connectivity index (χ2n) is 6.99. The van der Waals surface area contributed by atoms with Crippen molar-refractivity contribution in [1.29, 1.82) is 0 Å². The molecule has 0 radical (unpaired) electrons. The van der Waals surface area contributed by atoms with E-state index in [1.165, 1.54) is 11.3 Å². The fraction of sp³-hybridized carbons (Fsp3) is 0.273. The van der Waals surface area contributed by atoms with Crippen LogP contribution in [0.25, 0.3) is 11.3 Å². The fourth-order valence-electron chi connectivity index (χ4n) is 3.53. The Hall–Kier alpha value is -2.02. The van der Waals surface area contributed by atoms with Crippen molar-refractivity contribution in [3.8, 4) is 11.3 Å². The molecule has 0 saturated carbocycles. The molecule has 6 nitrogen and oxygen atoms in total. The molecule has 31 heavy (non-hydrogen) atoms. The smallest absolute Gasteiger partial charge is 0.309 e. The summed E-state index contributed by atoms with van der Waals surface area (Å²) in [5.74, 6) is -0.247. The van der Waals surface area contributed by atoms with E-state index in [0.29, 0.717) is 23.9 Å². The lowest BCUT2D eigenvalue weighted by atomic mass is 10.1. The first-order chi connectivity index (χ1) is 14.9. The highest BCUT2D eigenvalue weighted by molar-refractivity contribution is 7.53. The summed E-state index contributed by atoms with van der Waals surface area (Å²) in [6, 6.07) is 12.7. The normalized spacial score (nSPS) is 12.5. The van der Waals surface area contributed by atoms with Crippen molar-refractivity contribution in [2.45, 2.75) is 26.4 Å². The molecule has 0 aliphatic heterocycles. The molecule has 0 spiro atoms. The minimum absolute atomic E-state index is 0.164. The molecule has 9 heteroatoms. The average Bonchev–Trinajstić information content (AvgIpc) is 3.27. The predicted molar refractivity (Wildman–Crippen MR) is 124 cm³/mol. The lowest BCUT2D eigenvalue weighted by molar-refractivity contribution is 0.102. The van der Waals surface area contributed by atoms with Gasteiger partial charge in [-0.3, -0.25) is 14.7 Å². The van der Waals surface area contributed by atoms with Gasteiger partial charge in [-0.2, -0.15) is 0 Å². The van der Waals surface area contributed by atoms with Gasteiger partial charge in [-0.1, -0.05) is 35.9 Å². The number of carbonyl (C=O) groups excluding carboxylic acids is 1. The largest absolute Gasteiger partial charge is 0.335 e. The van der Waals surface area contributed by atoms with Gasteiger partial charge in [0.05, 0.1) is 25.1 Å². The number of hydrogen-bond donors (Lipinski definition) is 1. The van der Waals surface area contributed by atoms with Gasteiger partial charge < -0.3 is 9.05 Å². The average molecular weight is 477 g/mol. The Kier molecular flexibility index (Phi) is 6.60. The summed E-state index contributed by atoms with van der Waals surface area (Å²) >= 11 is 7.74. The molecule has 162 valence electrons. The second-order valence-corrected chi connectivity index (χ2v) is 10.5. The highest BCUT2D eigenvalue weighted by Gasteiger charge is 2.26. The quantitative estimate of drug-likeness (QED) is 0.298. The first-order valence-corrected chi connectivity index (χ1v) is 12.9. The van der Waals surface area contributed by atoms with Crippen LogP contribution in [-0.4, -0.2) is 24.1 Å². The van der Waals surface area contributed by atoms with Crippen molar-refractivity contribution >= 4 is 41.6 Å². The number of thiazole rings is 1. The van der Waals surface area contributed by atoms with E-state index in [0.717, 1.165) is 38.7 Å². The molecule has 1 N–H and O–H groups in total. The van der Waals surface area contributed by atoms with Crippen molar-refractivity contribution in [3.05, 3.63) is 69.1 Å². The summed E-state index contributed by atoms with van der Waals surface area (Å²) in [6.45, 7) is 4.18. The van der Waals surface area contributed by atoms with E-state index >= 15 is 0 Å². The molecule has 0 atom stereocenters. The molecule has 1 aliphatic rings. The number of halogens is 1. The first-order valence-electron chi connectivity index (χ1n) is 9.98. The van der Waals surface area contributed by atoms with E-state index in [1.54, 1.807) is 38.1 Å². The third-order valence-corrected chi connectivity index (χ3v) is 8.25. The van der Waals surface area contributed by atoms with Gasteiger partial charge in [0.25, 0.3) is 5.91 Å². The third-order valence-electron chi connectivity index (χ3n) is 4.87. The zero-order valence-electron chi connectivity index (χ0n) is 17.2. The predicted octanol–water partition coefficient (Wildman–Crippen LogP) is 6.39. The summed E-state index contributed by atoms with van der Waals surface area (Å²) in [7, 11) is -3.18. The van der Waals surface area contributed by atoms with Gasteiger partial charge in [-0.15, -0.1) is 11.3 Å². The Morgan fingerprint density at radius 3 is 2.55 bits per heavy atom. The number of aromatic nitrogens is 1. The Bertz CT molecular complexity index is 1150. The molecule has 4 rings (SSSR count). The van der Waals surface area contributed by atoms with Crippen LogP contribution < -0.4 is 5.32 Å². The maximum Gasteiger partial charge on any atom is 0.335 e. The Morgan fingerprint density at radius 2 is 1.87 bits per heavy atom. The van der Waals surface area contributed by atoms with Gasteiger partial charge in [0.1, 0.15) is 0 Å². The van der Waals surface area contributed by atoms with Crippen molar-refractivity contribution in [1.82, 2.24) is 4.98 Å². The van der Waals surface area contributed by atoms with Gasteiger partial charge >= 0.3 is 7.60 Å². The minimum atomic E-state index is -3.18. The number of nitrogens with one attached hydrogen (secondary N) is 1. The Labute approximate surface area is 190 Å². The molecule has 2 aromatic carbocycles. The van der Waals surface area contributed by atoms with E-state index < -0.39 is 7.60 Å². The molecule has 3 aromatic rings. The zero-order valence-corrected chi connectivity index (χ0v) is 19.7. The lowest BCUT2D eigenvalue weighted by Crippen LogP contribution is -2.11. The highest BCUT2D eigenvalue weighted by Crippen LogP contribution is 2.51. The summed E-state index contributed by atoms with van der Waals surface area (Å²) in [5, 5.41) is 4.17. The summed E-state index contributed by atoms with van der Waals surface area (Å²) in [4.78, 5) is 18.4. The van der Waals surface area contributed by atoms with Crippen LogP contribution in [0.1, 0.15) is 40.2 Å². The Morgan fingerprint density at radius 1 is 1.16 bits per heavy atom. The fourth-order valence-corrected chi connectivity index (χ4v) is 6.46. The minimum Gasteiger partial charge on any atom is -0.309 e. The molecule has 0 unspecified atom stereocenters. The number of fused-ring (bicyclic) bond motifs is 3. The number of carbonyl (C=O) groups is 1. The summed E-state index contributed by atoms with van der Waals surface area (Å²) in [5.41, 5.74) is 4.27. The molecule has 1 aliphatic carbocycles. The van der Waals surface area contributed by atoms with Crippen LogP contribution in [0.3, 0.4) is 0 Å². The van der Waals surface area contributed by atoms with Crippen molar-refractivity contribution in [2.75, 3.05) is 18.5 Å². The van der Waals surface area contributed by atoms with Gasteiger partial charge in [0.15, 0.2) is 5.13 Å². The van der Waals surface area contributed by atoms with Crippen molar-refractivity contribution in [3.63, 3.8) is 0 Å². The van der Waals surface area contributed by atoms with Crippen LogP contribution in [0.15, 0.2) is 42.5 Å². The van der Waals surface area contributed by atoms with Crippen LogP contribution in [0.4, 0.5) is 5.13 Å². The topological polar surface area (TPSA) is 77.5 Å². The summed E-state index contributed by atoms with van der Waals surface area (Å²) in [6.07, 6.45) is 0.893. The van der Waals surface area contributed by atoms with E-state index in [1.807, 2.05) is 18.2 Å². The zero-order chi connectivity index (χ0) is 22.0. The molecule has 1 amide bonds. The summed E-state index contributed by atoms with van der Waals surface area (Å²) < 4.78 is 23.3. The van der Waals surface area contributed by atoms with Gasteiger partial charge in [-0.25, -0.2) is 4.98 Å². The highest BCUT2D eigenvalue weighted by atomic mass is 35.5. The lowest BCUT2D eigenvalue weighted by Gasteiger charge is -2.17. The molecule has 0 bridgehead atoms. The van der Waals surface area contributed by atoms with Crippen molar-refractivity contribution < 1.29 is 18.4 Å². The van der Waals surface area contributed by atoms with Gasteiger partial charge in [0, 0.05) is 27.4 Å². The van der Waals surface area contributed by atoms with Gasteiger partial charge in [0.2, 0.25) is 0 Å². The van der Waals surface area contributed by atoms with E-state index in [4.69, 9.17) is 20.6 Å². The standard InChI is InChI=1S/C22H22ClN2O4PS/c1-3-28-30(27,29-4-2)13-14-8-10-15(11-9-14)21(26)25-22-24-20-16-6-5-7-18(23)17(16)12-19(20)31-22/h5-11H,3-4,12-13H2,1-2H3,(H,24,25,26).